The number of fused-ring (bicyclic) bond motifs is 4. The molecule has 0 saturated heterocycles. The highest BCUT2D eigenvalue weighted by atomic mass is 15.2. The van der Waals surface area contributed by atoms with Gasteiger partial charge in [0.2, 0.25) is 0 Å². The van der Waals surface area contributed by atoms with Gasteiger partial charge >= 0.3 is 0 Å². The molecule has 0 fully saturated rings. The third-order valence-electron chi connectivity index (χ3n) is 15.0. The first-order valence-corrected chi connectivity index (χ1v) is 23.5. The average molecular weight is 845 g/mol. The van der Waals surface area contributed by atoms with E-state index in [0.29, 0.717) is 0 Å². The van der Waals surface area contributed by atoms with Crippen LogP contribution in [0.3, 0.4) is 0 Å². The summed E-state index contributed by atoms with van der Waals surface area (Å²) in [5.41, 5.74) is 21.2. The number of hydrogen-bond donors (Lipinski definition) is 0. The van der Waals surface area contributed by atoms with Crippen molar-refractivity contribution in [1.82, 2.24) is 0 Å². The highest BCUT2D eigenvalue weighted by Crippen LogP contribution is 2.47. The van der Waals surface area contributed by atoms with Crippen LogP contribution in [0.5, 0.6) is 0 Å². The first-order valence-electron chi connectivity index (χ1n) is 23.5. The van der Waals surface area contributed by atoms with Gasteiger partial charge in [-0.15, -0.1) is 0 Å². The Morgan fingerprint density at radius 1 is 0.323 bits per heavy atom. The molecule has 0 saturated carbocycles. The van der Waals surface area contributed by atoms with E-state index >= 15 is 0 Å². The zero-order chi connectivity index (χ0) is 45.5. The van der Waals surface area contributed by atoms with Crippen LogP contribution in [-0.4, -0.2) is 6.71 Å². The molecule has 0 bridgehead atoms. The SMILES string of the molecule is Cc1cc2c3c(c1)N(c1ccc(C(C)(C)c4ccccc4)cc1)c1ccc(C(C)(C)c4ccccc4)cc1B3c1cc(C(C)(C)C)ccc1N2c1ccc(C(C)(C)c2ccccc2)cc1. The summed E-state index contributed by atoms with van der Waals surface area (Å²) in [4.78, 5) is 5.11. The quantitative estimate of drug-likeness (QED) is 0.141. The molecule has 0 aromatic heterocycles. The van der Waals surface area contributed by atoms with Gasteiger partial charge in [0.25, 0.3) is 6.71 Å². The normalized spacial score (nSPS) is 13.6. The van der Waals surface area contributed by atoms with Gasteiger partial charge in [0.05, 0.1) is 0 Å². The Kier molecular flexibility index (Phi) is 10.1. The van der Waals surface area contributed by atoms with Gasteiger partial charge < -0.3 is 9.80 Å². The topological polar surface area (TPSA) is 6.48 Å². The molecule has 10 rings (SSSR count). The van der Waals surface area contributed by atoms with Gasteiger partial charge in [0.15, 0.2) is 0 Å². The molecule has 0 radical (unpaired) electrons. The zero-order valence-electron chi connectivity index (χ0n) is 39.9. The van der Waals surface area contributed by atoms with Gasteiger partial charge in [-0.1, -0.05) is 202 Å². The first-order chi connectivity index (χ1) is 31.0. The Morgan fingerprint density at radius 2 is 0.646 bits per heavy atom. The van der Waals surface area contributed by atoms with Crippen molar-refractivity contribution in [2.45, 2.75) is 90.9 Å². The van der Waals surface area contributed by atoms with E-state index in [1.165, 1.54) is 83.6 Å². The Morgan fingerprint density at radius 3 is 1.03 bits per heavy atom. The largest absolute Gasteiger partial charge is 0.311 e. The summed E-state index contributed by atoms with van der Waals surface area (Å²) in [6, 6.07) is 71.0. The van der Waals surface area contributed by atoms with Gasteiger partial charge in [-0.2, -0.15) is 0 Å². The van der Waals surface area contributed by atoms with Crippen molar-refractivity contribution in [1.29, 1.82) is 0 Å². The molecule has 8 aromatic carbocycles. The second-order valence-corrected chi connectivity index (χ2v) is 21.2. The van der Waals surface area contributed by atoms with Crippen molar-refractivity contribution in [2.24, 2.45) is 0 Å². The van der Waals surface area contributed by atoms with Crippen LogP contribution < -0.4 is 26.2 Å². The van der Waals surface area contributed by atoms with Crippen molar-refractivity contribution in [3.05, 3.63) is 233 Å². The zero-order valence-corrected chi connectivity index (χ0v) is 39.9. The van der Waals surface area contributed by atoms with Gasteiger partial charge in [-0.05, 0) is 122 Å². The summed E-state index contributed by atoms with van der Waals surface area (Å²) in [6.07, 6.45) is 0. The van der Waals surface area contributed by atoms with E-state index in [1.807, 2.05) is 0 Å². The van der Waals surface area contributed by atoms with E-state index < -0.39 is 0 Å². The summed E-state index contributed by atoms with van der Waals surface area (Å²) in [7, 11) is 0. The van der Waals surface area contributed by atoms with Crippen LogP contribution in [-0.2, 0) is 21.7 Å². The second kappa shape index (κ2) is 15.6. The standard InChI is InChI=1S/C62H61BN2/c1-42-38-56-58-57(39-42)65(51-34-28-47(29-35-51)61(7,8)44-22-16-12-17-23-44)55-37-31-49(62(9,10)45-24-18-13-19-25-45)41-53(55)63(58)52-40-48(59(2,3)4)30-36-54(52)64(56)50-32-26-46(27-33-50)60(5,6)43-20-14-11-15-21-43/h11-41H,1-10H3. The third kappa shape index (κ3) is 7.12. The summed E-state index contributed by atoms with van der Waals surface area (Å²) in [5.74, 6) is 0. The van der Waals surface area contributed by atoms with E-state index in [0.717, 1.165) is 11.4 Å². The lowest BCUT2D eigenvalue weighted by atomic mass is 9.33. The van der Waals surface area contributed by atoms with Crippen molar-refractivity contribution in [2.75, 3.05) is 9.80 Å². The molecule has 0 N–H and O–H groups in total. The number of benzene rings is 8. The van der Waals surface area contributed by atoms with E-state index in [-0.39, 0.29) is 28.4 Å². The minimum Gasteiger partial charge on any atom is -0.311 e. The lowest BCUT2D eigenvalue weighted by Gasteiger charge is -2.45. The highest BCUT2D eigenvalue weighted by molar-refractivity contribution is 7.00. The average Bonchev–Trinajstić information content (AvgIpc) is 3.31. The highest BCUT2D eigenvalue weighted by Gasteiger charge is 2.44. The minimum atomic E-state index is -0.214. The fraction of sp³-hybridized carbons (Fsp3) is 0.226. The van der Waals surface area contributed by atoms with Crippen molar-refractivity contribution >= 4 is 57.2 Å². The fourth-order valence-electron chi connectivity index (χ4n) is 10.7. The van der Waals surface area contributed by atoms with E-state index in [1.54, 1.807) is 0 Å². The summed E-state index contributed by atoms with van der Waals surface area (Å²) < 4.78 is 0. The van der Waals surface area contributed by atoms with Crippen LogP contribution in [0.1, 0.15) is 107 Å². The lowest BCUT2D eigenvalue weighted by molar-refractivity contribution is 0.591. The van der Waals surface area contributed by atoms with Crippen LogP contribution in [0.2, 0.25) is 0 Å². The third-order valence-corrected chi connectivity index (χ3v) is 15.0. The van der Waals surface area contributed by atoms with Gasteiger partial charge in [-0.3, -0.25) is 0 Å². The molecule has 3 heteroatoms. The maximum Gasteiger partial charge on any atom is 0.252 e. The van der Waals surface area contributed by atoms with Crippen molar-refractivity contribution in [3.8, 4) is 0 Å². The molecule has 8 aromatic rings. The molecule has 65 heavy (non-hydrogen) atoms. The smallest absolute Gasteiger partial charge is 0.252 e. The number of nitrogens with zero attached hydrogens (tertiary/aromatic N) is 2. The summed E-state index contributed by atoms with van der Waals surface area (Å²) in [6.45, 7) is 23.4. The fourth-order valence-corrected chi connectivity index (χ4v) is 10.7. The summed E-state index contributed by atoms with van der Waals surface area (Å²) >= 11 is 0. The molecule has 0 amide bonds. The molecular formula is C62H61BN2. The van der Waals surface area contributed by atoms with E-state index in [9.17, 15) is 0 Å². The first kappa shape index (κ1) is 42.4. The van der Waals surface area contributed by atoms with E-state index in [2.05, 4.69) is 267 Å². The molecule has 0 spiro atoms. The lowest BCUT2D eigenvalue weighted by Crippen LogP contribution is -2.61. The van der Waals surface area contributed by atoms with Crippen molar-refractivity contribution in [3.63, 3.8) is 0 Å². The molecule has 2 aliphatic heterocycles. The van der Waals surface area contributed by atoms with Crippen molar-refractivity contribution < 1.29 is 0 Å². The predicted molar refractivity (Wildman–Crippen MR) is 280 cm³/mol. The Balaban J connectivity index is 1.21. The molecular weight excluding hydrogens is 784 g/mol. The molecule has 2 nitrogen and oxygen atoms in total. The maximum absolute atomic E-state index is 2.55. The van der Waals surface area contributed by atoms with Gasteiger partial charge in [0.1, 0.15) is 0 Å². The van der Waals surface area contributed by atoms with E-state index in [4.69, 9.17) is 0 Å². The number of aryl methyl sites for hydroxylation is 1. The molecule has 2 aliphatic rings. The predicted octanol–water partition coefficient (Wildman–Crippen LogP) is 14.4. The second-order valence-electron chi connectivity index (χ2n) is 21.2. The Bertz CT molecular complexity index is 3010. The Labute approximate surface area is 388 Å². The van der Waals surface area contributed by atoms with Crippen LogP contribution in [0, 0.1) is 6.92 Å². The summed E-state index contributed by atoms with van der Waals surface area (Å²) in [5, 5.41) is 0. The van der Waals surface area contributed by atoms with Crippen LogP contribution in [0.25, 0.3) is 0 Å². The van der Waals surface area contributed by atoms with Crippen LogP contribution in [0.4, 0.5) is 34.1 Å². The van der Waals surface area contributed by atoms with Crippen LogP contribution in [0.15, 0.2) is 188 Å². The monoisotopic (exact) mass is 844 g/mol. The Hall–Kier alpha value is -6.58. The molecule has 0 atom stereocenters. The van der Waals surface area contributed by atoms with Gasteiger partial charge in [-0.25, -0.2) is 0 Å². The number of hydrogen-bond acceptors (Lipinski definition) is 2. The molecule has 0 aliphatic carbocycles. The number of rotatable bonds is 8. The van der Waals surface area contributed by atoms with Crippen LogP contribution >= 0.6 is 0 Å². The molecule has 322 valence electrons. The minimum absolute atomic E-state index is 0.0134. The number of anilines is 6. The van der Waals surface area contributed by atoms with Gasteiger partial charge in [0, 0.05) is 50.4 Å². The molecule has 0 unspecified atom stereocenters. The molecule has 2 heterocycles. The maximum atomic E-state index is 2.55.